The number of hydrogen-bond donors (Lipinski definition) is 2. The molecule has 0 spiro atoms. The zero-order chi connectivity index (χ0) is 13.3. The van der Waals surface area contributed by atoms with Crippen molar-refractivity contribution in [2.75, 3.05) is 13.1 Å². The van der Waals surface area contributed by atoms with Crippen LogP contribution < -0.4 is 5.32 Å². The van der Waals surface area contributed by atoms with Crippen LogP contribution in [-0.4, -0.2) is 41.1 Å². The standard InChI is InChI=1S/C12H24N2O3/c1-4-7-9-14(6-3)12(17)13-10(8-5-2)11(15)16/h10H,4-9H2,1-3H3,(H,13,17)(H,15,16)/t10-/m0/s1. The maximum Gasteiger partial charge on any atom is 0.326 e. The fraction of sp³-hybridized carbons (Fsp3) is 0.833. The van der Waals surface area contributed by atoms with Crippen LogP contribution in [0, 0.1) is 0 Å². The predicted molar refractivity (Wildman–Crippen MR) is 67.0 cm³/mol. The van der Waals surface area contributed by atoms with Gasteiger partial charge in [0.15, 0.2) is 0 Å². The summed E-state index contributed by atoms with van der Waals surface area (Å²) in [5.74, 6) is -0.966. The lowest BCUT2D eigenvalue weighted by Gasteiger charge is -2.23. The molecule has 0 heterocycles. The first-order valence-electron chi connectivity index (χ1n) is 6.34. The Bertz CT molecular complexity index is 244. The van der Waals surface area contributed by atoms with Crippen LogP contribution in [-0.2, 0) is 4.79 Å². The van der Waals surface area contributed by atoms with Gasteiger partial charge in [0.25, 0.3) is 0 Å². The first-order chi connectivity index (χ1) is 8.06. The van der Waals surface area contributed by atoms with E-state index in [4.69, 9.17) is 5.11 Å². The van der Waals surface area contributed by atoms with E-state index in [2.05, 4.69) is 12.2 Å². The Balaban J connectivity index is 4.30. The number of carboxylic acid groups (broad SMARTS) is 1. The summed E-state index contributed by atoms with van der Waals surface area (Å²) in [5.41, 5.74) is 0. The Morgan fingerprint density at radius 2 is 1.88 bits per heavy atom. The topological polar surface area (TPSA) is 69.6 Å². The van der Waals surface area contributed by atoms with Crippen molar-refractivity contribution >= 4 is 12.0 Å². The van der Waals surface area contributed by atoms with Gasteiger partial charge in [0.05, 0.1) is 0 Å². The summed E-state index contributed by atoms with van der Waals surface area (Å²) in [6, 6.07) is -1.05. The average molecular weight is 244 g/mol. The van der Waals surface area contributed by atoms with Gasteiger partial charge in [-0.25, -0.2) is 9.59 Å². The van der Waals surface area contributed by atoms with E-state index < -0.39 is 12.0 Å². The van der Waals surface area contributed by atoms with E-state index >= 15 is 0 Å². The van der Waals surface area contributed by atoms with Gasteiger partial charge in [0, 0.05) is 13.1 Å². The molecule has 0 fully saturated rings. The van der Waals surface area contributed by atoms with Crippen LogP contribution in [0.2, 0.25) is 0 Å². The molecule has 0 aromatic heterocycles. The lowest BCUT2D eigenvalue weighted by Crippen LogP contribution is -2.48. The second-order valence-corrected chi connectivity index (χ2v) is 4.06. The molecule has 100 valence electrons. The fourth-order valence-electron chi connectivity index (χ4n) is 1.54. The smallest absolute Gasteiger partial charge is 0.326 e. The number of nitrogens with one attached hydrogen (secondary N) is 1. The van der Waals surface area contributed by atoms with Gasteiger partial charge in [-0.2, -0.15) is 0 Å². The second-order valence-electron chi connectivity index (χ2n) is 4.06. The molecular formula is C12H24N2O3. The molecule has 0 bridgehead atoms. The molecule has 0 aliphatic rings. The summed E-state index contributed by atoms with van der Waals surface area (Å²) in [5, 5.41) is 11.5. The summed E-state index contributed by atoms with van der Waals surface area (Å²) >= 11 is 0. The molecule has 5 nitrogen and oxygen atoms in total. The number of nitrogens with zero attached hydrogens (tertiary/aromatic N) is 1. The summed E-state index contributed by atoms with van der Waals surface area (Å²) < 4.78 is 0. The van der Waals surface area contributed by atoms with E-state index in [0.29, 0.717) is 19.5 Å². The highest BCUT2D eigenvalue weighted by Gasteiger charge is 2.21. The minimum Gasteiger partial charge on any atom is -0.480 e. The predicted octanol–water partition coefficient (Wildman–Crippen LogP) is 2.07. The summed E-state index contributed by atoms with van der Waals surface area (Å²) in [6.45, 7) is 7.13. The maximum atomic E-state index is 11.8. The molecule has 17 heavy (non-hydrogen) atoms. The van der Waals surface area contributed by atoms with Crippen molar-refractivity contribution in [3.8, 4) is 0 Å². The lowest BCUT2D eigenvalue weighted by atomic mass is 10.2. The van der Waals surface area contributed by atoms with Crippen LogP contribution in [0.1, 0.15) is 46.5 Å². The molecule has 0 aromatic carbocycles. The number of rotatable bonds is 8. The van der Waals surface area contributed by atoms with Gasteiger partial charge in [-0.1, -0.05) is 26.7 Å². The Morgan fingerprint density at radius 1 is 1.24 bits per heavy atom. The van der Waals surface area contributed by atoms with Crippen molar-refractivity contribution < 1.29 is 14.7 Å². The molecule has 0 unspecified atom stereocenters. The van der Waals surface area contributed by atoms with Crippen LogP contribution in [0.5, 0.6) is 0 Å². The summed E-state index contributed by atoms with van der Waals surface area (Å²) in [6.07, 6.45) is 3.15. The van der Waals surface area contributed by atoms with Crippen LogP contribution in [0.25, 0.3) is 0 Å². The van der Waals surface area contributed by atoms with E-state index in [1.165, 1.54) is 0 Å². The molecule has 0 saturated carbocycles. The highest BCUT2D eigenvalue weighted by molar-refractivity contribution is 5.82. The average Bonchev–Trinajstić information content (AvgIpc) is 2.29. The van der Waals surface area contributed by atoms with Crippen molar-refractivity contribution in [2.45, 2.75) is 52.5 Å². The van der Waals surface area contributed by atoms with Crippen molar-refractivity contribution in [1.29, 1.82) is 0 Å². The number of carboxylic acids is 1. The third-order valence-electron chi connectivity index (χ3n) is 2.62. The number of urea groups is 1. The van der Waals surface area contributed by atoms with Gasteiger partial charge in [-0.05, 0) is 19.8 Å². The molecule has 2 amide bonds. The molecule has 0 saturated heterocycles. The molecule has 0 aromatic rings. The molecule has 5 heteroatoms. The normalized spacial score (nSPS) is 11.9. The lowest BCUT2D eigenvalue weighted by molar-refractivity contribution is -0.139. The highest BCUT2D eigenvalue weighted by atomic mass is 16.4. The third-order valence-corrected chi connectivity index (χ3v) is 2.62. The highest BCUT2D eigenvalue weighted by Crippen LogP contribution is 2.00. The zero-order valence-electron chi connectivity index (χ0n) is 11.0. The van der Waals surface area contributed by atoms with Crippen LogP contribution in [0.15, 0.2) is 0 Å². The zero-order valence-corrected chi connectivity index (χ0v) is 11.0. The van der Waals surface area contributed by atoms with Gasteiger partial charge in [-0.3, -0.25) is 0 Å². The largest absolute Gasteiger partial charge is 0.480 e. The van der Waals surface area contributed by atoms with Crippen LogP contribution in [0.4, 0.5) is 4.79 Å². The van der Waals surface area contributed by atoms with Crippen molar-refractivity contribution in [3.05, 3.63) is 0 Å². The number of carbonyl (C=O) groups excluding carboxylic acids is 1. The molecule has 0 radical (unpaired) electrons. The van der Waals surface area contributed by atoms with E-state index in [1.54, 1.807) is 4.90 Å². The Hall–Kier alpha value is -1.26. The fourth-order valence-corrected chi connectivity index (χ4v) is 1.54. The van der Waals surface area contributed by atoms with Gasteiger partial charge in [-0.15, -0.1) is 0 Å². The quantitative estimate of drug-likeness (QED) is 0.686. The third kappa shape index (κ3) is 6.14. The SMILES string of the molecule is CCCCN(CC)C(=O)N[C@@H](CCC)C(=O)O. The Labute approximate surface area is 103 Å². The molecule has 0 rings (SSSR count). The first-order valence-corrected chi connectivity index (χ1v) is 6.34. The number of unbranched alkanes of at least 4 members (excludes halogenated alkanes) is 1. The Kier molecular flexibility index (Phi) is 8.19. The van der Waals surface area contributed by atoms with E-state index in [1.807, 2.05) is 13.8 Å². The second kappa shape index (κ2) is 8.84. The number of aliphatic carboxylic acids is 1. The van der Waals surface area contributed by atoms with Gasteiger partial charge in [0.2, 0.25) is 0 Å². The number of carbonyl (C=O) groups is 2. The summed E-state index contributed by atoms with van der Waals surface area (Å²) in [7, 11) is 0. The summed E-state index contributed by atoms with van der Waals surface area (Å²) in [4.78, 5) is 24.4. The van der Waals surface area contributed by atoms with E-state index in [-0.39, 0.29) is 6.03 Å². The van der Waals surface area contributed by atoms with Crippen LogP contribution in [0.3, 0.4) is 0 Å². The minimum atomic E-state index is -0.966. The molecule has 0 aliphatic carbocycles. The molecule has 0 aliphatic heterocycles. The molecule has 1 atom stereocenters. The first kappa shape index (κ1) is 15.7. The number of amides is 2. The van der Waals surface area contributed by atoms with Gasteiger partial charge >= 0.3 is 12.0 Å². The van der Waals surface area contributed by atoms with Crippen LogP contribution >= 0.6 is 0 Å². The molecular weight excluding hydrogens is 220 g/mol. The van der Waals surface area contributed by atoms with E-state index in [0.717, 1.165) is 19.3 Å². The number of hydrogen-bond acceptors (Lipinski definition) is 2. The van der Waals surface area contributed by atoms with Crippen molar-refractivity contribution in [1.82, 2.24) is 10.2 Å². The maximum absolute atomic E-state index is 11.8. The Morgan fingerprint density at radius 3 is 2.29 bits per heavy atom. The van der Waals surface area contributed by atoms with E-state index in [9.17, 15) is 9.59 Å². The minimum absolute atomic E-state index is 0.276. The monoisotopic (exact) mass is 244 g/mol. The molecule has 2 N–H and O–H groups in total. The van der Waals surface area contributed by atoms with Crippen molar-refractivity contribution in [3.63, 3.8) is 0 Å². The van der Waals surface area contributed by atoms with Gasteiger partial charge < -0.3 is 15.3 Å². The van der Waals surface area contributed by atoms with Gasteiger partial charge in [0.1, 0.15) is 6.04 Å². The van der Waals surface area contributed by atoms with Crippen molar-refractivity contribution in [2.24, 2.45) is 0 Å².